The maximum atomic E-state index is 12.9. The van der Waals surface area contributed by atoms with Gasteiger partial charge < -0.3 is 0 Å². The van der Waals surface area contributed by atoms with Crippen LogP contribution in [0.1, 0.15) is 5.56 Å². The van der Waals surface area contributed by atoms with E-state index in [1.165, 1.54) is 36.0 Å². The van der Waals surface area contributed by atoms with E-state index in [2.05, 4.69) is 15.9 Å². The fraction of sp³-hybridized carbons (Fsp3) is 0.133. The van der Waals surface area contributed by atoms with Crippen molar-refractivity contribution in [1.82, 2.24) is 0 Å². The molecule has 0 heterocycles. The molecule has 2 rings (SSSR count). The molecule has 0 amide bonds. The van der Waals surface area contributed by atoms with Crippen LogP contribution in [-0.4, -0.2) is 11.5 Å². The van der Waals surface area contributed by atoms with Gasteiger partial charge in [-0.1, -0.05) is 22.0 Å². The lowest BCUT2D eigenvalue weighted by molar-refractivity contribution is -0.116. The van der Waals surface area contributed by atoms with Gasteiger partial charge in [0.15, 0.2) is 0 Å². The third-order valence-corrected chi connectivity index (χ3v) is 4.43. The fourth-order valence-electron chi connectivity index (χ4n) is 1.62. The Kier molecular flexibility index (Phi) is 5.31. The first kappa shape index (κ1) is 15.2. The topological polar surface area (TPSA) is 17.1 Å². The van der Waals surface area contributed by atoms with E-state index in [0.29, 0.717) is 10.2 Å². The molecule has 5 heteroatoms. The number of carbonyl (C=O) groups excluding carboxylic acids is 1. The van der Waals surface area contributed by atoms with Gasteiger partial charge in [0.05, 0.1) is 5.75 Å². The molecule has 0 atom stereocenters. The van der Waals surface area contributed by atoms with Crippen LogP contribution in [0.15, 0.2) is 51.8 Å². The monoisotopic (exact) mass is 356 g/mol. The standard InChI is InChI=1S/C15H11BrF2OS/c16-15-8-12(18)2-1-10(15)7-13(19)9-20-14-5-3-11(17)4-6-14/h1-6,8H,7,9H2. The third kappa shape index (κ3) is 4.42. The van der Waals surface area contributed by atoms with E-state index in [-0.39, 0.29) is 23.8 Å². The van der Waals surface area contributed by atoms with Gasteiger partial charge in [-0.2, -0.15) is 0 Å². The van der Waals surface area contributed by atoms with Crippen LogP contribution in [0.3, 0.4) is 0 Å². The van der Waals surface area contributed by atoms with Crippen molar-refractivity contribution in [1.29, 1.82) is 0 Å². The predicted molar refractivity (Wildman–Crippen MR) is 79.9 cm³/mol. The van der Waals surface area contributed by atoms with Crippen molar-refractivity contribution in [3.8, 4) is 0 Å². The maximum absolute atomic E-state index is 12.9. The van der Waals surface area contributed by atoms with E-state index in [9.17, 15) is 13.6 Å². The Balaban J connectivity index is 1.90. The highest BCUT2D eigenvalue weighted by Crippen LogP contribution is 2.21. The van der Waals surface area contributed by atoms with Crippen LogP contribution < -0.4 is 0 Å². The van der Waals surface area contributed by atoms with Gasteiger partial charge in [-0.3, -0.25) is 4.79 Å². The van der Waals surface area contributed by atoms with Crippen LogP contribution in [0.2, 0.25) is 0 Å². The molecule has 0 unspecified atom stereocenters. The zero-order chi connectivity index (χ0) is 14.5. The predicted octanol–water partition coefficient (Wildman–Crippen LogP) is 4.63. The molecule has 0 saturated carbocycles. The van der Waals surface area contributed by atoms with Crippen LogP contribution in [-0.2, 0) is 11.2 Å². The summed E-state index contributed by atoms with van der Waals surface area (Å²) in [6.07, 6.45) is 0.245. The average molecular weight is 357 g/mol. The molecule has 0 fully saturated rings. The quantitative estimate of drug-likeness (QED) is 0.726. The summed E-state index contributed by atoms with van der Waals surface area (Å²) < 4.78 is 26.3. The van der Waals surface area contributed by atoms with Crippen molar-refractivity contribution in [3.05, 3.63) is 64.1 Å². The van der Waals surface area contributed by atoms with Gasteiger partial charge in [0.1, 0.15) is 17.4 Å². The molecule has 2 aromatic rings. The van der Waals surface area contributed by atoms with Gasteiger partial charge >= 0.3 is 0 Å². The Bertz CT molecular complexity index is 614. The first-order chi connectivity index (χ1) is 9.54. The first-order valence-corrected chi connectivity index (χ1v) is 7.66. The molecule has 0 aromatic heterocycles. The summed E-state index contributed by atoms with van der Waals surface area (Å²) in [5.74, 6) is -0.300. The summed E-state index contributed by atoms with van der Waals surface area (Å²) in [5, 5.41) is 0. The lowest BCUT2D eigenvalue weighted by Gasteiger charge is -2.04. The molecule has 0 aliphatic carbocycles. The number of carbonyl (C=O) groups is 1. The molecule has 2 aromatic carbocycles. The van der Waals surface area contributed by atoms with Crippen LogP contribution in [0, 0.1) is 11.6 Å². The molecule has 20 heavy (non-hydrogen) atoms. The zero-order valence-electron chi connectivity index (χ0n) is 10.4. The van der Waals surface area contributed by atoms with Gasteiger partial charge in [-0.05, 0) is 42.0 Å². The molecule has 104 valence electrons. The van der Waals surface area contributed by atoms with Crippen LogP contribution >= 0.6 is 27.7 Å². The molecule has 0 aliphatic rings. The summed E-state index contributed by atoms with van der Waals surface area (Å²) in [6.45, 7) is 0. The van der Waals surface area contributed by atoms with E-state index in [1.54, 1.807) is 18.2 Å². The van der Waals surface area contributed by atoms with Gasteiger partial charge in [0, 0.05) is 15.8 Å². The van der Waals surface area contributed by atoms with Crippen molar-refractivity contribution in [2.45, 2.75) is 11.3 Å². The van der Waals surface area contributed by atoms with Crippen LogP contribution in [0.5, 0.6) is 0 Å². The van der Waals surface area contributed by atoms with Crippen molar-refractivity contribution in [3.63, 3.8) is 0 Å². The minimum atomic E-state index is -0.339. The van der Waals surface area contributed by atoms with E-state index in [1.807, 2.05) is 0 Å². The Morgan fingerprint density at radius 1 is 1.05 bits per heavy atom. The van der Waals surface area contributed by atoms with E-state index < -0.39 is 0 Å². The SMILES string of the molecule is O=C(CSc1ccc(F)cc1)Cc1ccc(F)cc1Br. The second-order valence-corrected chi connectivity index (χ2v) is 6.10. The Hall–Kier alpha value is -1.20. The number of benzene rings is 2. The normalized spacial score (nSPS) is 10.6. The molecule has 0 bridgehead atoms. The number of thioether (sulfide) groups is 1. The summed E-state index contributed by atoms with van der Waals surface area (Å²) >= 11 is 4.60. The van der Waals surface area contributed by atoms with E-state index in [4.69, 9.17) is 0 Å². The Labute approximate surface area is 128 Å². The molecular formula is C15H11BrF2OS. The van der Waals surface area contributed by atoms with Crippen LogP contribution in [0.4, 0.5) is 8.78 Å². The minimum Gasteiger partial charge on any atom is -0.298 e. The van der Waals surface area contributed by atoms with Gasteiger partial charge in [-0.25, -0.2) is 8.78 Å². The number of rotatable bonds is 5. The minimum absolute atomic E-state index is 0.0339. The Morgan fingerprint density at radius 3 is 2.35 bits per heavy atom. The molecule has 0 aliphatic heterocycles. The highest BCUT2D eigenvalue weighted by atomic mass is 79.9. The summed E-state index contributed by atoms with van der Waals surface area (Å²) in [4.78, 5) is 12.7. The second kappa shape index (κ2) is 6.99. The van der Waals surface area contributed by atoms with Gasteiger partial charge in [-0.15, -0.1) is 11.8 Å². The molecule has 0 radical (unpaired) electrons. The van der Waals surface area contributed by atoms with Crippen LogP contribution in [0.25, 0.3) is 0 Å². The number of ketones is 1. The zero-order valence-corrected chi connectivity index (χ0v) is 12.8. The summed E-state index contributed by atoms with van der Waals surface area (Å²) in [6, 6.07) is 10.3. The fourth-order valence-corrected chi connectivity index (χ4v) is 2.87. The second-order valence-electron chi connectivity index (χ2n) is 4.19. The highest BCUT2D eigenvalue weighted by molar-refractivity contribution is 9.10. The molecular weight excluding hydrogens is 346 g/mol. The Morgan fingerprint density at radius 2 is 1.70 bits per heavy atom. The molecule has 0 spiro atoms. The molecule has 0 N–H and O–H groups in total. The smallest absolute Gasteiger partial charge is 0.147 e. The van der Waals surface area contributed by atoms with Crippen molar-refractivity contribution >= 4 is 33.5 Å². The number of Topliss-reactive ketones (excluding diaryl/α,β-unsaturated/α-hetero) is 1. The van der Waals surface area contributed by atoms with E-state index in [0.717, 1.165) is 10.5 Å². The van der Waals surface area contributed by atoms with Gasteiger partial charge in [0.2, 0.25) is 0 Å². The average Bonchev–Trinajstić information content (AvgIpc) is 2.41. The maximum Gasteiger partial charge on any atom is 0.147 e. The van der Waals surface area contributed by atoms with Gasteiger partial charge in [0.25, 0.3) is 0 Å². The summed E-state index contributed by atoms with van der Waals surface area (Å²) in [7, 11) is 0. The first-order valence-electron chi connectivity index (χ1n) is 5.88. The van der Waals surface area contributed by atoms with Crippen molar-refractivity contribution in [2.24, 2.45) is 0 Å². The molecule has 1 nitrogen and oxygen atoms in total. The number of hydrogen-bond acceptors (Lipinski definition) is 2. The molecule has 0 saturated heterocycles. The number of hydrogen-bond donors (Lipinski definition) is 0. The highest BCUT2D eigenvalue weighted by Gasteiger charge is 2.08. The lowest BCUT2D eigenvalue weighted by atomic mass is 10.1. The van der Waals surface area contributed by atoms with Crippen molar-refractivity contribution < 1.29 is 13.6 Å². The largest absolute Gasteiger partial charge is 0.298 e. The number of halogens is 3. The summed E-state index contributed by atoms with van der Waals surface area (Å²) in [5.41, 5.74) is 0.760. The van der Waals surface area contributed by atoms with E-state index >= 15 is 0 Å². The lowest BCUT2D eigenvalue weighted by Crippen LogP contribution is -2.06. The van der Waals surface area contributed by atoms with Crippen molar-refractivity contribution in [2.75, 3.05) is 5.75 Å². The third-order valence-electron chi connectivity index (χ3n) is 2.62.